The molecule has 1 heterocycles. The van der Waals surface area contributed by atoms with Gasteiger partial charge in [-0.05, 0) is 38.0 Å². The van der Waals surface area contributed by atoms with Crippen LogP contribution in [0.4, 0.5) is 0 Å². The Kier molecular flexibility index (Phi) is 6.27. The molecule has 0 aliphatic rings. The molecule has 2 aromatic rings. The van der Waals surface area contributed by atoms with Crippen molar-refractivity contribution in [3.63, 3.8) is 0 Å². The first-order valence-corrected chi connectivity index (χ1v) is 7.84. The molecule has 1 aromatic carbocycles. The number of ether oxygens (including phenoxy) is 2. The highest BCUT2D eigenvalue weighted by molar-refractivity contribution is 5.43. The molecule has 0 amide bonds. The van der Waals surface area contributed by atoms with E-state index in [1.807, 2.05) is 25.3 Å². The van der Waals surface area contributed by atoms with E-state index in [0.29, 0.717) is 13.2 Å². The molecule has 0 saturated heterocycles. The van der Waals surface area contributed by atoms with E-state index in [9.17, 15) is 0 Å². The fourth-order valence-corrected chi connectivity index (χ4v) is 2.05. The molecule has 0 radical (unpaired) electrons. The van der Waals surface area contributed by atoms with E-state index in [0.717, 1.165) is 35.9 Å². The lowest BCUT2D eigenvalue weighted by Crippen LogP contribution is -2.14. The van der Waals surface area contributed by atoms with Gasteiger partial charge in [-0.3, -0.25) is 0 Å². The number of hydrogen-bond acceptors (Lipinski definition) is 4. The Balaban J connectivity index is 1.98. The number of rotatable bonds is 9. The van der Waals surface area contributed by atoms with Gasteiger partial charge in [0.15, 0.2) is 11.5 Å². The summed E-state index contributed by atoms with van der Waals surface area (Å²) in [6.07, 6.45) is 4.73. The summed E-state index contributed by atoms with van der Waals surface area (Å²) in [5.74, 6) is 2.55. The van der Waals surface area contributed by atoms with Crippen LogP contribution in [0.15, 0.2) is 30.6 Å². The van der Waals surface area contributed by atoms with Crippen molar-refractivity contribution in [1.82, 2.24) is 15.3 Å². The predicted molar refractivity (Wildman–Crippen MR) is 87.1 cm³/mol. The molecule has 0 fully saturated rings. The lowest BCUT2D eigenvalue weighted by molar-refractivity contribution is 0.203. The van der Waals surface area contributed by atoms with Crippen molar-refractivity contribution in [2.24, 2.45) is 0 Å². The number of aromatic amines is 1. The Hall–Kier alpha value is -2.01. The van der Waals surface area contributed by atoms with E-state index < -0.39 is 0 Å². The maximum atomic E-state index is 5.91. The zero-order valence-electron chi connectivity index (χ0n) is 13.6. The molecule has 1 aromatic heterocycles. The Morgan fingerprint density at radius 3 is 2.77 bits per heavy atom. The van der Waals surface area contributed by atoms with Crippen molar-refractivity contribution in [2.45, 2.75) is 46.4 Å². The van der Waals surface area contributed by atoms with Crippen molar-refractivity contribution < 1.29 is 9.47 Å². The van der Waals surface area contributed by atoms with Crippen molar-refractivity contribution in [1.29, 1.82) is 0 Å². The minimum Gasteiger partial charge on any atom is -0.490 e. The fraction of sp³-hybridized carbons (Fsp3) is 0.471. The van der Waals surface area contributed by atoms with Crippen LogP contribution in [0.3, 0.4) is 0 Å². The number of nitrogens with one attached hydrogen (secondary N) is 2. The molecule has 120 valence electrons. The number of imidazole rings is 1. The molecule has 0 spiro atoms. The van der Waals surface area contributed by atoms with Crippen molar-refractivity contribution >= 4 is 0 Å². The normalized spacial score (nSPS) is 12.1. The number of aromatic nitrogens is 2. The molecule has 5 heteroatoms. The van der Waals surface area contributed by atoms with Crippen molar-refractivity contribution in [2.75, 3.05) is 6.61 Å². The van der Waals surface area contributed by atoms with Gasteiger partial charge in [0.1, 0.15) is 5.82 Å². The van der Waals surface area contributed by atoms with Gasteiger partial charge < -0.3 is 19.8 Å². The summed E-state index contributed by atoms with van der Waals surface area (Å²) in [6.45, 7) is 8.24. The zero-order chi connectivity index (χ0) is 15.8. The number of benzene rings is 1. The number of H-pyrrole nitrogens is 1. The largest absolute Gasteiger partial charge is 0.490 e. The summed E-state index contributed by atoms with van der Waals surface area (Å²) in [5.41, 5.74) is 1.16. The van der Waals surface area contributed by atoms with Crippen LogP contribution in [-0.2, 0) is 13.1 Å². The maximum absolute atomic E-state index is 5.91. The van der Waals surface area contributed by atoms with Gasteiger partial charge in [-0.2, -0.15) is 0 Å². The van der Waals surface area contributed by atoms with Gasteiger partial charge in [0, 0.05) is 18.9 Å². The van der Waals surface area contributed by atoms with Crippen LogP contribution in [0.5, 0.6) is 11.5 Å². The van der Waals surface area contributed by atoms with Gasteiger partial charge in [0.2, 0.25) is 0 Å². The molecule has 0 bridgehead atoms. The molecular formula is C17H25N3O2. The summed E-state index contributed by atoms with van der Waals surface area (Å²) in [4.78, 5) is 7.26. The molecule has 0 saturated carbocycles. The third-order valence-electron chi connectivity index (χ3n) is 3.39. The van der Waals surface area contributed by atoms with Gasteiger partial charge in [-0.15, -0.1) is 0 Å². The minimum atomic E-state index is 0.183. The van der Waals surface area contributed by atoms with E-state index >= 15 is 0 Å². The first-order valence-electron chi connectivity index (χ1n) is 7.84. The molecule has 0 aliphatic carbocycles. The zero-order valence-corrected chi connectivity index (χ0v) is 13.6. The predicted octanol–water partition coefficient (Wildman–Crippen LogP) is 3.28. The van der Waals surface area contributed by atoms with E-state index in [1.165, 1.54) is 0 Å². The average molecular weight is 303 g/mol. The number of hydrogen-bond donors (Lipinski definition) is 2. The van der Waals surface area contributed by atoms with E-state index in [1.54, 1.807) is 6.20 Å². The van der Waals surface area contributed by atoms with Crippen LogP contribution in [0.1, 0.15) is 38.6 Å². The van der Waals surface area contributed by atoms with Crippen LogP contribution in [0.25, 0.3) is 0 Å². The molecule has 1 atom stereocenters. The highest BCUT2D eigenvalue weighted by Gasteiger charge is 2.09. The molecular weight excluding hydrogens is 278 g/mol. The van der Waals surface area contributed by atoms with Gasteiger partial charge in [-0.25, -0.2) is 4.98 Å². The standard InChI is InChI=1S/C17H25N3O2/c1-4-13(3)22-15-7-6-14(10-16(15)21-5-2)11-18-12-17-19-8-9-20-17/h6-10,13,18H,4-5,11-12H2,1-3H3,(H,19,20)/t13-/m0/s1. The highest BCUT2D eigenvalue weighted by atomic mass is 16.5. The van der Waals surface area contributed by atoms with Crippen molar-refractivity contribution in [3.8, 4) is 11.5 Å². The maximum Gasteiger partial charge on any atom is 0.161 e. The molecule has 2 N–H and O–H groups in total. The second-order valence-corrected chi connectivity index (χ2v) is 5.19. The molecule has 0 unspecified atom stereocenters. The Morgan fingerprint density at radius 2 is 2.09 bits per heavy atom. The highest BCUT2D eigenvalue weighted by Crippen LogP contribution is 2.29. The van der Waals surface area contributed by atoms with Crippen LogP contribution in [0.2, 0.25) is 0 Å². The van der Waals surface area contributed by atoms with Gasteiger partial charge in [0.25, 0.3) is 0 Å². The molecule has 2 rings (SSSR count). The first-order chi connectivity index (χ1) is 10.7. The second-order valence-electron chi connectivity index (χ2n) is 5.19. The lowest BCUT2D eigenvalue weighted by Gasteiger charge is -2.17. The van der Waals surface area contributed by atoms with Gasteiger partial charge >= 0.3 is 0 Å². The van der Waals surface area contributed by atoms with Crippen molar-refractivity contribution in [3.05, 3.63) is 42.0 Å². The summed E-state index contributed by atoms with van der Waals surface area (Å²) in [6, 6.07) is 6.09. The number of nitrogens with zero attached hydrogens (tertiary/aromatic N) is 1. The summed E-state index contributed by atoms with van der Waals surface area (Å²) in [5, 5.41) is 3.35. The molecule has 0 aliphatic heterocycles. The second kappa shape index (κ2) is 8.44. The Morgan fingerprint density at radius 1 is 1.23 bits per heavy atom. The topological polar surface area (TPSA) is 59.2 Å². The van der Waals surface area contributed by atoms with E-state index in [-0.39, 0.29) is 6.10 Å². The average Bonchev–Trinajstić information content (AvgIpc) is 3.03. The molecule has 22 heavy (non-hydrogen) atoms. The van der Waals surface area contributed by atoms with E-state index in [2.05, 4.69) is 35.2 Å². The van der Waals surface area contributed by atoms with Crippen LogP contribution < -0.4 is 14.8 Å². The van der Waals surface area contributed by atoms with Gasteiger partial charge in [0.05, 0.1) is 19.3 Å². The molecule has 5 nitrogen and oxygen atoms in total. The quantitative estimate of drug-likeness (QED) is 0.746. The third-order valence-corrected chi connectivity index (χ3v) is 3.39. The fourth-order valence-electron chi connectivity index (χ4n) is 2.05. The lowest BCUT2D eigenvalue weighted by atomic mass is 10.2. The SMILES string of the molecule is CCOc1cc(CNCc2ncc[nH]2)ccc1O[C@@H](C)CC. The Labute approximate surface area is 132 Å². The summed E-state index contributed by atoms with van der Waals surface area (Å²) < 4.78 is 11.6. The monoisotopic (exact) mass is 303 g/mol. The first kappa shape index (κ1) is 16.4. The third kappa shape index (κ3) is 4.77. The minimum absolute atomic E-state index is 0.183. The van der Waals surface area contributed by atoms with Gasteiger partial charge in [-0.1, -0.05) is 13.0 Å². The van der Waals surface area contributed by atoms with Crippen LogP contribution in [-0.4, -0.2) is 22.7 Å². The van der Waals surface area contributed by atoms with E-state index in [4.69, 9.17) is 9.47 Å². The van der Waals surface area contributed by atoms with Crippen LogP contribution >= 0.6 is 0 Å². The van der Waals surface area contributed by atoms with Crippen LogP contribution in [0, 0.1) is 0 Å². The smallest absolute Gasteiger partial charge is 0.161 e. The summed E-state index contributed by atoms with van der Waals surface area (Å²) >= 11 is 0. The Bertz CT molecular complexity index is 555. The summed E-state index contributed by atoms with van der Waals surface area (Å²) in [7, 11) is 0.